The lowest BCUT2D eigenvalue weighted by atomic mass is 10.0. The van der Waals surface area contributed by atoms with Crippen LogP contribution in [0.2, 0.25) is 0 Å². The number of phenols is 1. The molecule has 20 heavy (non-hydrogen) atoms. The molecule has 3 nitrogen and oxygen atoms in total. The number of benzene rings is 2. The van der Waals surface area contributed by atoms with Crippen LogP contribution in [0.5, 0.6) is 5.75 Å². The van der Waals surface area contributed by atoms with Crippen molar-refractivity contribution < 1.29 is 5.11 Å². The number of rotatable bonds is 2. The molecule has 1 heterocycles. The number of aromatic nitrogens is 2. The summed E-state index contributed by atoms with van der Waals surface area (Å²) < 4.78 is 0. The summed E-state index contributed by atoms with van der Waals surface area (Å²) in [6, 6.07) is 13.7. The highest BCUT2D eigenvalue weighted by atomic mass is 16.3. The van der Waals surface area contributed by atoms with Crippen LogP contribution in [-0.4, -0.2) is 15.3 Å². The van der Waals surface area contributed by atoms with E-state index in [9.17, 15) is 5.11 Å². The number of nitrogens with zero attached hydrogens (tertiary/aromatic N) is 2. The molecule has 0 spiro atoms. The van der Waals surface area contributed by atoms with Crippen LogP contribution < -0.4 is 0 Å². The van der Waals surface area contributed by atoms with Crippen molar-refractivity contribution in [3.8, 4) is 17.0 Å². The summed E-state index contributed by atoms with van der Waals surface area (Å²) in [5, 5.41) is 19.4. The van der Waals surface area contributed by atoms with Crippen LogP contribution in [-0.2, 0) is 6.42 Å². The van der Waals surface area contributed by atoms with E-state index in [-0.39, 0.29) is 5.75 Å². The molecular formula is C17H16N2O. The van der Waals surface area contributed by atoms with Crippen molar-refractivity contribution in [3.05, 3.63) is 53.6 Å². The van der Waals surface area contributed by atoms with Gasteiger partial charge in [0, 0.05) is 10.9 Å². The molecule has 3 rings (SSSR count). The van der Waals surface area contributed by atoms with E-state index in [1.807, 2.05) is 37.3 Å². The molecule has 0 bridgehead atoms. The van der Waals surface area contributed by atoms with Gasteiger partial charge in [0.05, 0.1) is 11.2 Å². The van der Waals surface area contributed by atoms with E-state index in [1.165, 1.54) is 5.56 Å². The zero-order chi connectivity index (χ0) is 14.1. The number of fused-ring (bicyclic) bond motifs is 1. The fraction of sp³-hybridized carbons (Fsp3) is 0.176. The van der Waals surface area contributed by atoms with Crippen LogP contribution in [0.25, 0.3) is 22.2 Å². The maximum absolute atomic E-state index is 10.1. The zero-order valence-corrected chi connectivity index (χ0v) is 11.6. The summed E-state index contributed by atoms with van der Waals surface area (Å²) in [5.74, 6) is 0.255. The Bertz CT molecular complexity index is 781. The third-order valence-corrected chi connectivity index (χ3v) is 3.50. The molecule has 0 atom stereocenters. The monoisotopic (exact) mass is 264 g/mol. The van der Waals surface area contributed by atoms with Gasteiger partial charge >= 0.3 is 0 Å². The molecular weight excluding hydrogens is 248 g/mol. The van der Waals surface area contributed by atoms with Crippen LogP contribution in [0, 0.1) is 6.92 Å². The van der Waals surface area contributed by atoms with Gasteiger partial charge in [-0.15, -0.1) is 10.2 Å². The van der Waals surface area contributed by atoms with Crippen molar-refractivity contribution in [2.75, 3.05) is 0 Å². The molecule has 3 aromatic rings. The Morgan fingerprint density at radius 1 is 1.05 bits per heavy atom. The molecule has 0 saturated heterocycles. The quantitative estimate of drug-likeness (QED) is 0.764. The molecule has 0 radical (unpaired) electrons. The second-order valence-electron chi connectivity index (χ2n) is 4.96. The molecule has 1 N–H and O–H groups in total. The lowest BCUT2D eigenvalue weighted by molar-refractivity contribution is 0.481. The van der Waals surface area contributed by atoms with Gasteiger partial charge in [-0.1, -0.05) is 31.2 Å². The third kappa shape index (κ3) is 2.11. The number of phenolic OH excluding ortho intramolecular Hbond substituents is 1. The summed E-state index contributed by atoms with van der Waals surface area (Å²) in [5.41, 5.74) is 4.80. The number of aromatic hydroxyl groups is 1. The molecule has 3 heteroatoms. The Hall–Kier alpha value is -2.42. The van der Waals surface area contributed by atoms with E-state index >= 15 is 0 Å². The second-order valence-corrected chi connectivity index (χ2v) is 4.96. The Morgan fingerprint density at radius 3 is 2.65 bits per heavy atom. The maximum Gasteiger partial charge on any atom is 0.125 e. The van der Waals surface area contributed by atoms with Crippen molar-refractivity contribution in [2.45, 2.75) is 20.3 Å². The molecule has 0 aliphatic carbocycles. The minimum Gasteiger partial charge on any atom is -0.507 e. The van der Waals surface area contributed by atoms with Crippen LogP contribution >= 0.6 is 0 Å². The van der Waals surface area contributed by atoms with Crippen molar-refractivity contribution >= 4 is 10.9 Å². The lowest BCUT2D eigenvalue weighted by Gasteiger charge is -2.08. The van der Waals surface area contributed by atoms with Crippen LogP contribution in [0.15, 0.2) is 42.5 Å². The number of aryl methyl sites for hydroxylation is 2. The maximum atomic E-state index is 10.1. The first kappa shape index (κ1) is 12.6. The van der Waals surface area contributed by atoms with Gasteiger partial charge in [0.25, 0.3) is 0 Å². The summed E-state index contributed by atoms with van der Waals surface area (Å²) >= 11 is 0. The van der Waals surface area contributed by atoms with E-state index in [4.69, 9.17) is 0 Å². The van der Waals surface area contributed by atoms with Crippen molar-refractivity contribution in [1.82, 2.24) is 10.2 Å². The highest BCUT2D eigenvalue weighted by Crippen LogP contribution is 2.29. The fourth-order valence-electron chi connectivity index (χ4n) is 2.47. The number of hydrogen-bond acceptors (Lipinski definition) is 3. The van der Waals surface area contributed by atoms with Crippen molar-refractivity contribution in [1.29, 1.82) is 0 Å². The molecule has 100 valence electrons. The Labute approximate surface area is 117 Å². The van der Waals surface area contributed by atoms with E-state index in [2.05, 4.69) is 23.2 Å². The largest absolute Gasteiger partial charge is 0.507 e. The predicted octanol–water partition coefficient (Wildman–Crippen LogP) is 3.87. The summed E-state index contributed by atoms with van der Waals surface area (Å²) in [4.78, 5) is 0. The number of hydrogen-bond donors (Lipinski definition) is 1. The topological polar surface area (TPSA) is 46.0 Å². The van der Waals surface area contributed by atoms with Gasteiger partial charge in [-0.25, -0.2) is 0 Å². The Morgan fingerprint density at radius 2 is 1.85 bits per heavy atom. The van der Waals surface area contributed by atoms with Gasteiger partial charge < -0.3 is 5.11 Å². The average Bonchev–Trinajstić information content (AvgIpc) is 2.47. The van der Waals surface area contributed by atoms with E-state index in [0.29, 0.717) is 0 Å². The average molecular weight is 264 g/mol. The van der Waals surface area contributed by atoms with Crippen molar-refractivity contribution in [3.63, 3.8) is 0 Å². The molecule has 0 aliphatic rings. The molecule has 0 aliphatic heterocycles. The van der Waals surface area contributed by atoms with E-state index in [0.717, 1.165) is 34.1 Å². The van der Waals surface area contributed by atoms with Gasteiger partial charge in [0.1, 0.15) is 5.75 Å². The molecule has 0 saturated carbocycles. The van der Waals surface area contributed by atoms with Crippen LogP contribution in [0.3, 0.4) is 0 Å². The normalized spacial score (nSPS) is 10.9. The van der Waals surface area contributed by atoms with Gasteiger partial charge in [-0.2, -0.15) is 0 Å². The minimum atomic E-state index is 0.255. The van der Waals surface area contributed by atoms with Crippen LogP contribution in [0.1, 0.15) is 18.1 Å². The fourth-order valence-corrected chi connectivity index (χ4v) is 2.47. The standard InChI is InChI=1S/C17H16N2O/c1-3-12-6-4-5-7-13(12)16-10-14-15(18-19-16)8-11(2)9-17(14)20/h4-10,20H,3H2,1-2H3. The van der Waals surface area contributed by atoms with Gasteiger partial charge in [0.15, 0.2) is 0 Å². The van der Waals surface area contributed by atoms with Gasteiger partial charge in [-0.3, -0.25) is 0 Å². The van der Waals surface area contributed by atoms with E-state index < -0.39 is 0 Å². The zero-order valence-electron chi connectivity index (χ0n) is 11.6. The lowest BCUT2D eigenvalue weighted by Crippen LogP contribution is -1.93. The summed E-state index contributed by atoms with van der Waals surface area (Å²) in [6.07, 6.45) is 0.940. The molecule has 0 fully saturated rings. The Balaban J connectivity index is 2.23. The molecule has 0 unspecified atom stereocenters. The second kappa shape index (κ2) is 4.93. The first-order valence-electron chi connectivity index (χ1n) is 6.74. The molecule has 1 aromatic heterocycles. The highest BCUT2D eigenvalue weighted by Gasteiger charge is 2.09. The van der Waals surface area contributed by atoms with Gasteiger partial charge in [0.2, 0.25) is 0 Å². The minimum absolute atomic E-state index is 0.255. The third-order valence-electron chi connectivity index (χ3n) is 3.50. The molecule has 2 aromatic carbocycles. The predicted molar refractivity (Wildman–Crippen MR) is 80.8 cm³/mol. The highest BCUT2D eigenvalue weighted by molar-refractivity contribution is 5.88. The van der Waals surface area contributed by atoms with E-state index in [1.54, 1.807) is 6.07 Å². The SMILES string of the molecule is CCc1ccccc1-c1cc2c(O)cc(C)cc2nn1. The smallest absolute Gasteiger partial charge is 0.125 e. The molecule has 0 amide bonds. The summed E-state index contributed by atoms with van der Waals surface area (Å²) in [6.45, 7) is 4.05. The summed E-state index contributed by atoms with van der Waals surface area (Å²) in [7, 11) is 0. The Kier molecular flexibility index (Phi) is 3.11. The first-order valence-corrected chi connectivity index (χ1v) is 6.74. The van der Waals surface area contributed by atoms with Crippen molar-refractivity contribution in [2.24, 2.45) is 0 Å². The first-order chi connectivity index (χ1) is 9.69. The van der Waals surface area contributed by atoms with Gasteiger partial charge in [-0.05, 0) is 42.7 Å². The van der Waals surface area contributed by atoms with Crippen LogP contribution in [0.4, 0.5) is 0 Å².